The van der Waals surface area contributed by atoms with Crippen molar-refractivity contribution in [2.24, 2.45) is 5.92 Å². The fourth-order valence-electron chi connectivity index (χ4n) is 4.13. The molecule has 0 bridgehead atoms. The molecule has 0 radical (unpaired) electrons. The van der Waals surface area contributed by atoms with Crippen molar-refractivity contribution in [3.05, 3.63) is 70.1 Å². The molecule has 1 aliphatic heterocycles. The first-order valence-electron chi connectivity index (χ1n) is 12.5. The second kappa shape index (κ2) is 12.1. The average Bonchev–Trinajstić information content (AvgIpc) is 3.56. The predicted octanol–water partition coefficient (Wildman–Crippen LogP) is 5.04. The van der Waals surface area contributed by atoms with Crippen molar-refractivity contribution in [2.75, 3.05) is 13.9 Å². The Morgan fingerprint density at radius 3 is 2.54 bits per heavy atom. The molecule has 1 unspecified atom stereocenters. The molecule has 11 heteroatoms. The highest BCUT2D eigenvalue weighted by atomic mass is 32.2. The van der Waals surface area contributed by atoms with Crippen LogP contribution in [0.2, 0.25) is 0 Å². The van der Waals surface area contributed by atoms with Crippen molar-refractivity contribution in [1.29, 1.82) is 0 Å². The van der Waals surface area contributed by atoms with Crippen LogP contribution in [0, 0.1) is 5.92 Å². The van der Waals surface area contributed by atoms with Crippen LogP contribution in [0.1, 0.15) is 59.7 Å². The van der Waals surface area contributed by atoms with E-state index in [1.165, 1.54) is 19.2 Å². The quantitative estimate of drug-likeness (QED) is 0.317. The van der Waals surface area contributed by atoms with Gasteiger partial charge in [-0.2, -0.15) is 0 Å². The highest BCUT2D eigenvalue weighted by molar-refractivity contribution is 7.92. The molecular formula is C28H31NO8S2. The molecule has 2 heterocycles. The number of hydrogen-bond acceptors (Lipinski definition) is 9. The van der Waals surface area contributed by atoms with Crippen LogP contribution in [0.25, 0.3) is 0 Å². The molecule has 1 amide bonds. The molecule has 0 spiro atoms. The van der Waals surface area contributed by atoms with Crippen molar-refractivity contribution in [3.8, 4) is 17.2 Å². The van der Waals surface area contributed by atoms with E-state index < -0.39 is 28.0 Å². The number of carbonyl (C=O) groups is 2. The van der Waals surface area contributed by atoms with Gasteiger partial charge in [-0.15, -0.1) is 11.3 Å². The first-order valence-corrected chi connectivity index (χ1v) is 14.8. The molecule has 0 fully saturated rings. The zero-order chi connectivity index (χ0) is 28.2. The Hall–Kier alpha value is -3.57. The summed E-state index contributed by atoms with van der Waals surface area (Å²) in [6.45, 7) is 6.11. The van der Waals surface area contributed by atoms with Gasteiger partial charge < -0.3 is 18.9 Å². The van der Waals surface area contributed by atoms with Crippen LogP contribution < -0.4 is 18.9 Å². The molecule has 1 N–H and O–H groups in total. The number of benzene rings is 2. The van der Waals surface area contributed by atoms with Crippen LogP contribution in [0.15, 0.2) is 52.7 Å². The lowest BCUT2D eigenvalue weighted by Crippen LogP contribution is -2.36. The first kappa shape index (κ1) is 28.4. The summed E-state index contributed by atoms with van der Waals surface area (Å²) in [6, 6.07) is 12.9. The minimum absolute atomic E-state index is 0.0393. The van der Waals surface area contributed by atoms with Gasteiger partial charge in [-0.3, -0.25) is 4.79 Å². The number of carbonyl (C=O) groups excluding carboxylic acids is 2. The molecule has 1 aliphatic rings. The van der Waals surface area contributed by atoms with Gasteiger partial charge in [-0.25, -0.2) is 17.9 Å². The largest absolute Gasteiger partial charge is 0.475 e. The Labute approximate surface area is 232 Å². The number of esters is 1. The monoisotopic (exact) mass is 573 g/mol. The summed E-state index contributed by atoms with van der Waals surface area (Å²) in [5, 5.41) is 0. The van der Waals surface area contributed by atoms with Gasteiger partial charge in [-0.1, -0.05) is 33.3 Å². The molecule has 0 aliphatic carbocycles. The van der Waals surface area contributed by atoms with E-state index >= 15 is 0 Å². The lowest BCUT2D eigenvalue weighted by molar-refractivity contribution is -0.126. The number of ether oxygens (including phenoxy) is 4. The van der Waals surface area contributed by atoms with Crippen molar-refractivity contribution in [2.45, 2.75) is 50.3 Å². The van der Waals surface area contributed by atoms with Gasteiger partial charge >= 0.3 is 5.97 Å². The summed E-state index contributed by atoms with van der Waals surface area (Å²) in [7, 11) is -2.85. The second-order valence-corrected chi connectivity index (χ2v) is 12.5. The van der Waals surface area contributed by atoms with E-state index in [-0.39, 0.29) is 11.0 Å². The van der Waals surface area contributed by atoms with Gasteiger partial charge in [0.15, 0.2) is 11.5 Å². The molecule has 2 aromatic carbocycles. The van der Waals surface area contributed by atoms with Gasteiger partial charge in [0.2, 0.25) is 12.9 Å². The zero-order valence-electron chi connectivity index (χ0n) is 22.2. The average molecular weight is 574 g/mol. The topological polar surface area (TPSA) is 117 Å². The Balaban J connectivity index is 1.67. The van der Waals surface area contributed by atoms with Crippen molar-refractivity contribution in [1.82, 2.24) is 4.72 Å². The highest BCUT2D eigenvalue weighted by Crippen LogP contribution is 2.36. The van der Waals surface area contributed by atoms with E-state index in [1.54, 1.807) is 36.4 Å². The predicted molar refractivity (Wildman–Crippen MR) is 146 cm³/mol. The molecule has 9 nitrogen and oxygen atoms in total. The molecule has 1 aromatic heterocycles. The van der Waals surface area contributed by atoms with E-state index in [1.807, 2.05) is 20.8 Å². The van der Waals surface area contributed by atoms with Crippen molar-refractivity contribution >= 4 is 33.2 Å². The third-order valence-electron chi connectivity index (χ3n) is 5.93. The number of methoxy groups -OCH3 is 1. The summed E-state index contributed by atoms with van der Waals surface area (Å²) in [6.07, 6.45) is 0.692. The van der Waals surface area contributed by atoms with Gasteiger partial charge in [-0.05, 0) is 66.8 Å². The summed E-state index contributed by atoms with van der Waals surface area (Å²) >= 11 is 1.13. The summed E-state index contributed by atoms with van der Waals surface area (Å²) in [5.41, 5.74) is 1.39. The van der Waals surface area contributed by atoms with Gasteiger partial charge in [0.05, 0.1) is 12.7 Å². The summed E-state index contributed by atoms with van der Waals surface area (Å²) in [4.78, 5) is 26.5. The minimum Gasteiger partial charge on any atom is -0.475 e. The number of rotatable bonds is 11. The Morgan fingerprint density at radius 1 is 1.05 bits per heavy atom. The third kappa shape index (κ3) is 6.72. The maximum atomic E-state index is 13.6. The Morgan fingerprint density at radius 2 is 1.82 bits per heavy atom. The van der Waals surface area contributed by atoms with Crippen LogP contribution in [-0.2, 0) is 32.4 Å². The fourth-order valence-corrected chi connectivity index (χ4v) is 6.68. The van der Waals surface area contributed by atoms with Crippen molar-refractivity contribution in [3.63, 3.8) is 0 Å². The number of amides is 1. The van der Waals surface area contributed by atoms with E-state index in [0.717, 1.165) is 29.1 Å². The molecular weight excluding hydrogens is 542 g/mol. The van der Waals surface area contributed by atoms with Crippen LogP contribution >= 0.6 is 11.3 Å². The Bertz CT molecular complexity index is 1460. The number of sulfonamides is 1. The second-order valence-electron chi connectivity index (χ2n) is 9.46. The maximum Gasteiger partial charge on any atom is 0.337 e. The van der Waals surface area contributed by atoms with Crippen LogP contribution in [0.4, 0.5) is 0 Å². The number of thiophene rings is 1. The molecule has 3 aromatic rings. The Kier molecular flexibility index (Phi) is 8.81. The lowest BCUT2D eigenvalue weighted by Gasteiger charge is -2.21. The molecule has 1 atom stereocenters. The standard InChI is InChI=1S/C28H31NO8S2/c1-5-6-18-14-20(28(31)34-4)8-10-22(18)37-26(19-7-11-23-24(15-19)36-16-35-23)27(30)29-39(32,33)25-12-9-21(38-25)13-17(2)3/h7-12,14-15,17,26H,5-6,13,16H2,1-4H3,(H,29,30). The zero-order valence-corrected chi connectivity index (χ0v) is 23.8. The van der Waals surface area contributed by atoms with Gasteiger partial charge in [0, 0.05) is 10.4 Å². The summed E-state index contributed by atoms with van der Waals surface area (Å²) in [5.74, 6) is 0.268. The fraction of sp³-hybridized carbons (Fsp3) is 0.357. The van der Waals surface area contributed by atoms with Crippen molar-refractivity contribution < 1.29 is 37.0 Å². The SMILES string of the molecule is CCCc1cc(C(=O)OC)ccc1OC(C(=O)NS(=O)(=O)c1ccc(CC(C)C)s1)c1ccc2c(c1)OCO2. The minimum atomic E-state index is -4.15. The van der Waals surface area contributed by atoms with E-state index in [0.29, 0.717) is 46.3 Å². The molecule has 0 saturated carbocycles. The van der Waals surface area contributed by atoms with Crippen LogP contribution in [0.3, 0.4) is 0 Å². The highest BCUT2D eigenvalue weighted by Gasteiger charge is 2.31. The number of hydrogen-bond donors (Lipinski definition) is 1. The molecule has 4 rings (SSSR count). The van der Waals surface area contributed by atoms with E-state index in [9.17, 15) is 18.0 Å². The van der Waals surface area contributed by atoms with E-state index in [2.05, 4.69) is 4.72 Å². The number of nitrogens with one attached hydrogen (secondary N) is 1. The summed E-state index contributed by atoms with van der Waals surface area (Å²) < 4.78 is 50.4. The molecule has 0 saturated heterocycles. The third-order valence-corrected chi connectivity index (χ3v) is 8.88. The molecule has 208 valence electrons. The lowest BCUT2D eigenvalue weighted by atomic mass is 10.0. The smallest absolute Gasteiger partial charge is 0.337 e. The van der Waals surface area contributed by atoms with Gasteiger partial charge in [0.1, 0.15) is 9.96 Å². The maximum absolute atomic E-state index is 13.6. The first-order chi connectivity index (χ1) is 18.6. The number of aryl methyl sites for hydroxylation is 1. The van der Waals surface area contributed by atoms with E-state index in [4.69, 9.17) is 18.9 Å². The van der Waals surface area contributed by atoms with Crippen LogP contribution in [-0.4, -0.2) is 34.2 Å². The normalized spacial score (nSPS) is 13.3. The van der Waals surface area contributed by atoms with Gasteiger partial charge in [0.25, 0.3) is 15.9 Å². The molecule has 39 heavy (non-hydrogen) atoms. The number of fused-ring (bicyclic) bond motifs is 1. The van der Waals surface area contributed by atoms with Crippen LogP contribution in [0.5, 0.6) is 17.2 Å².